The predicted octanol–water partition coefficient (Wildman–Crippen LogP) is 1.92. The van der Waals surface area contributed by atoms with Gasteiger partial charge in [-0.2, -0.15) is 0 Å². The number of pyridine rings is 1. The van der Waals surface area contributed by atoms with Gasteiger partial charge < -0.3 is 5.32 Å². The zero-order chi connectivity index (χ0) is 13.0. The molecule has 0 bridgehead atoms. The molecule has 1 N–H and O–H groups in total. The van der Waals surface area contributed by atoms with Crippen LogP contribution in [0.5, 0.6) is 0 Å². The second kappa shape index (κ2) is 5.69. The van der Waals surface area contributed by atoms with Gasteiger partial charge in [-0.25, -0.2) is 9.97 Å². The Morgan fingerprint density at radius 2 is 1.67 bits per heavy atom. The van der Waals surface area contributed by atoms with Gasteiger partial charge >= 0.3 is 0 Å². The van der Waals surface area contributed by atoms with Gasteiger partial charge in [0.15, 0.2) is 5.82 Å². The van der Waals surface area contributed by atoms with Crippen molar-refractivity contribution in [2.24, 2.45) is 0 Å². The molecule has 4 heteroatoms. The average Bonchev–Trinajstić information content (AvgIpc) is 2.39. The third-order valence-corrected chi connectivity index (χ3v) is 2.98. The van der Waals surface area contributed by atoms with Crippen LogP contribution < -0.4 is 5.32 Å². The Morgan fingerprint density at radius 1 is 1.06 bits per heavy atom. The van der Waals surface area contributed by atoms with Crippen LogP contribution >= 0.6 is 0 Å². The minimum absolute atomic E-state index is 0.778. The largest absolute Gasteiger partial charge is 0.319 e. The molecule has 0 atom stereocenters. The molecule has 2 aromatic heterocycles. The van der Waals surface area contributed by atoms with Gasteiger partial charge in [0.05, 0.1) is 0 Å². The van der Waals surface area contributed by atoms with Crippen molar-refractivity contribution < 1.29 is 0 Å². The highest BCUT2D eigenvalue weighted by Crippen LogP contribution is 2.18. The highest BCUT2D eigenvalue weighted by molar-refractivity contribution is 5.54. The zero-order valence-electron chi connectivity index (χ0n) is 11.1. The van der Waals surface area contributed by atoms with E-state index in [-0.39, 0.29) is 0 Å². The quantitative estimate of drug-likeness (QED) is 0.890. The molecule has 0 aromatic carbocycles. The maximum Gasteiger partial charge on any atom is 0.159 e. The van der Waals surface area contributed by atoms with Gasteiger partial charge in [-0.05, 0) is 51.6 Å². The predicted molar refractivity (Wildman–Crippen MR) is 72.4 cm³/mol. The first-order valence-electron chi connectivity index (χ1n) is 6.11. The molecule has 0 saturated heterocycles. The second-order valence-electron chi connectivity index (χ2n) is 4.29. The van der Waals surface area contributed by atoms with Crippen molar-refractivity contribution in [1.29, 1.82) is 0 Å². The van der Waals surface area contributed by atoms with Crippen LogP contribution in [0.2, 0.25) is 0 Å². The molecule has 2 aromatic rings. The number of rotatable bonds is 4. The Labute approximate surface area is 108 Å². The maximum absolute atomic E-state index is 4.59. The number of nitrogens with zero attached hydrogens (tertiary/aromatic N) is 3. The molecule has 2 rings (SSSR count). The standard InChI is InChI=1S/C14H18N4/c1-10-13(6-7-15-3)11(2)18-14(17-10)12-4-8-16-9-5-12/h4-5,8-9,15H,6-7H2,1-3H3. The lowest BCUT2D eigenvalue weighted by atomic mass is 10.1. The van der Waals surface area contributed by atoms with E-state index in [1.54, 1.807) is 12.4 Å². The number of hydrogen-bond acceptors (Lipinski definition) is 4. The van der Waals surface area contributed by atoms with Crippen molar-refractivity contribution in [2.45, 2.75) is 20.3 Å². The van der Waals surface area contributed by atoms with Crippen molar-refractivity contribution in [3.05, 3.63) is 41.5 Å². The topological polar surface area (TPSA) is 50.7 Å². The summed E-state index contributed by atoms with van der Waals surface area (Å²) in [5.74, 6) is 0.778. The first-order chi connectivity index (χ1) is 8.72. The maximum atomic E-state index is 4.59. The van der Waals surface area contributed by atoms with Gasteiger partial charge in [0, 0.05) is 29.3 Å². The van der Waals surface area contributed by atoms with Gasteiger partial charge in [0.1, 0.15) is 0 Å². The molecule has 0 radical (unpaired) electrons. The molecule has 0 fully saturated rings. The molecule has 4 nitrogen and oxygen atoms in total. The Hall–Kier alpha value is -1.81. The fraction of sp³-hybridized carbons (Fsp3) is 0.357. The number of hydrogen-bond donors (Lipinski definition) is 1. The van der Waals surface area contributed by atoms with E-state index in [4.69, 9.17) is 0 Å². The van der Waals surface area contributed by atoms with Crippen molar-refractivity contribution in [3.8, 4) is 11.4 Å². The SMILES string of the molecule is CNCCc1c(C)nc(-c2ccncc2)nc1C. The molecule has 0 aliphatic heterocycles. The number of likely N-dealkylation sites (N-methyl/N-ethyl adjacent to an activating group) is 1. The number of aryl methyl sites for hydroxylation is 2. The second-order valence-corrected chi connectivity index (χ2v) is 4.29. The highest BCUT2D eigenvalue weighted by atomic mass is 14.9. The summed E-state index contributed by atoms with van der Waals surface area (Å²) in [7, 11) is 1.96. The van der Waals surface area contributed by atoms with E-state index < -0.39 is 0 Å². The molecule has 18 heavy (non-hydrogen) atoms. The molecule has 0 aliphatic carbocycles. The van der Waals surface area contributed by atoms with Crippen LogP contribution in [0.15, 0.2) is 24.5 Å². The smallest absolute Gasteiger partial charge is 0.159 e. The Bertz CT molecular complexity index is 500. The molecule has 0 unspecified atom stereocenters. The van der Waals surface area contributed by atoms with Crippen molar-refractivity contribution in [3.63, 3.8) is 0 Å². The third kappa shape index (κ3) is 2.71. The molecule has 0 amide bonds. The molecular weight excluding hydrogens is 224 g/mol. The molecular formula is C14H18N4. The molecule has 0 saturated carbocycles. The van der Waals surface area contributed by atoms with Gasteiger partial charge in [-0.15, -0.1) is 0 Å². The fourth-order valence-electron chi connectivity index (χ4n) is 1.98. The first-order valence-corrected chi connectivity index (χ1v) is 6.11. The summed E-state index contributed by atoms with van der Waals surface area (Å²) in [4.78, 5) is 13.2. The van der Waals surface area contributed by atoms with Gasteiger partial charge in [0.2, 0.25) is 0 Å². The summed E-state index contributed by atoms with van der Waals surface area (Å²) >= 11 is 0. The average molecular weight is 242 g/mol. The van der Waals surface area contributed by atoms with E-state index in [0.717, 1.165) is 35.7 Å². The van der Waals surface area contributed by atoms with Crippen LogP contribution in [0, 0.1) is 13.8 Å². The fourth-order valence-corrected chi connectivity index (χ4v) is 1.98. The molecule has 0 aliphatic rings. The summed E-state index contributed by atoms with van der Waals surface area (Å²) in [5, 5.41) is 3.15. The summed E-state index contributed by atoms with van der Waals surface area (Å²) < 4.78 is 0. The van der Waals surface area contributed by atoms with Gasteiger partial charge in [0.25, 0.3) is 0 Å². The van der Waals surface area contributed by atoms with Crippen LogP contribution in [0.3, 0.4) is 0 Å². The first kappa shape index (κ1) is 12.6. The van der Waals surface area contributed by atoms with E-state index in [2.05, 4.69) is 20.3 Å². The van der Waals surface area contributed by atoms with Crippen molar-refractivity contribution >= 4 is 0 Å². The van der Waals surface area contributed by atoms with E-state index >= 15 is 0 Å². The van der Waals surface area contributed by atoms with Gasteiger partial charge in [-0.3, -0.25) is 4.98 Å². The lowest BCUT2D eigenvalue weighted by Crippen LogP contribution is -2.13. The van der Waals surface area contributed by atoms with E-state index in [1.807, 2.05) is 33.0 Å². The van der Waals surface area contributed by atoms with Crippen LogP contribution in [0.4, 0.5) is 0 Å². The van der Waals surface area contributed by atoms with E-state index in [0.29, 0.717) is 0 Å². The van der Waals surface area contributed by atoms with Crippen molar-refractivity contribution in [1.82, 2.24) is 20.3 Å². The van der Waals surface area contributed by atoms with E-state index in [9.17, 15) is 0 Å². The van der Waals surface area contributed by atoms with E-state index in [1.165, 1.54) is 5.56 Å². The van der Waals surface area contributed by atoms with Crippen LogP contribution in [-0.2, 0) is 6.42 Å². The highest BCUT2D eigenvalue weighted by Gasteiger charge is 2.09. The van der Waals surface area contributed by atoms with Crippen LogP contribution in [-0.4, -0.2) is 28.5 Å². The lowest BCUT2D eigenvalue weighted by Gasteiger charge is -2.10. The van der Waals surface area contributed by atoms with Crippen LogP contribution in [0.1, 0.15) is 17.0 Å². The molecule has 94 valence electrons. The third-order valence-electron chi connectivity index (χ3n) is 2.98. The summed E-state index contributed by atoms with van der Waals surface area (Å²) in [6.45, 7) is 5.04. The summed E-state index contributed by atoms with van der Waals surface area (Å²) in [5.41, 5.74) is 4.37. The minimum Gasteiger partial charge on any atom is -0.319 e. The van der Waals surface area contributed by atoms with Crippen LogP contribution in [0.25, 0.3) is 11.4 Å². The Balaban J connectivity index is 2.36. The van der Waals surface area contributed by atoms with Crippen molar-refractivity contribution in [2.75, 3.05) is 13.6 Å². The number of aromatic nitrogens is 3. The normalized spacial score (nSPS) is 10.6. The number of nitrogens with one attached hydrogen (secondary N) is 1. The zero-order valence-corrected chi connectivity index (χ0v) is 11.1. The Morgan fingerprint density at radius 3 is 2.22 bits per heavy atom. The summed E-state index contributed by atoms with van der Waals surface area (Å²) in [6, 6.07) is 3.86. The monoisotopic (exact) mass is 242 g/mol. The Kier molecular flexibility index (Phi) is 3.99. The summed E-state index contributed by atoms with van der Waals surface area (Å²) in [6.07, 6.45) is 4.49. The minimum atomic E-state index is 0.778. The molecule has 2 heterocycles. The lowest BCUT2D eigenvalue weighted by molar-refractivity contribution is 0.774. The molecule has 0 spiro atoms. The van der Waals surface area contributed by atoms with Gasteiger partial charge in [-0.1, -0.05) is 0 Å².